The number of aromatic nitrogens is 13. The Bertz CT molecular complexity index is 8260. The van der Waals surface area contributed by atoms with Crippen LogP contribution >= 0.6 is 0 Å². The first-order valence-corrected chi connectivity index (χ1v) is 43.3. The summed E-state index contributed by atoms with van der Waals surface area (Å²) < 4.78 is 22.2. The number of rotatable bonds is 11. The zero-order chi connectivity index (χ0) is 83.1. The molecule has 0 N–H and O–H groups in total. The van der Waals surface area contributed by atoms with E-state index in [1.807, 2.05) is 65.4 Å². The molecule has 15 heterocycles. The number of hydrogen-bond donors (Lipinski definition) is 0. The van der Waals surface area contributed by atoms with Crippen LogP contribution < -0.4 is 34.6 Å². The van der Waals surface area contributed by atoms with Gasteiger partial charge in [0.1, 0.15) is 17.3 Å². The van der Waals surface area contributed by atoms with Crippen molar-refractivity contribution in [3.63, 3.8) is 0 Å². The Morgan fingerprint density at radius 3 is 1.86 bits per heavy atom. The molecule has 2 aliphatic rings. The van der Waals surface area contributed by atoms with E-state index in [0.717, 1.165) is 170 Å². The molecular formula is C107H75Au3N17Si-. The second-order valence-corrected chi connectivity index (χ2v) is 34.0. The fourth-order valence-electron chi connectivity index (χ4n) is 18.9. The van der Waals surface area contributed by atoms with E-state index < -0.39 is 8.96 Å². The molecule has 0 saturated carbocycles. The number of fused-ring (bicyclic) bond motifs is 19. The Hall–Kier alpha value is -14.1. The van der Waals surface area contributed by atoms with Crippen molar-refractivity contribution >= 4 is 164 Å². The molecule has 11 aromatic carbocycles. The van der Waals surface area contributed by atoms with Gasteiger partial charge in [-0.2, -0.15) is 96.4 Å². The molecule has 21 heteroatoms. The summed E-state index contributed by atoms with van der Waals surface area (Å²) in [6.45, 7) is 1.64. The number of pyridine rings is 3. The third-order valence-corrected chi connectivity index (χ3v) is 27.1. The molecule has 0 atom stereocenters. The first-order valence-electron chi connectivity index (χ1n) is 41.9. The van der Waals surface area contributed by atoms with Gasteiger partial charge < -0.3 is 56.0 Å². The van der Waals surface area contributed by atoms with Crippen LogP contribution in [-0.2, 0) is 81.2 Å². The molecule has 0 unspecified atom stereocenters. The van der Waals surface area contributed by atoms with Crippen molar-refractivity contribution in [1.82, 2.24) is 55.9 Å². The third kappa shape index (κ3) is 13.1. The molecule has 17 nitrogen and oxygen atoms in total. The van der Waals surface area contributed by atoms with Gasteiger partial charge in [0.2, 0.25) is 8.96 Å². The van der Waals surface area contributed by atoms with Crippen LogP contribution in [0.15, 0.2) is 358 Å². The number of anilines is 7. The van der Waals surface area contributed by atoms with E-state index in [2.05, 4.69) is 429 Å². The van der Waals surface area contributed by atoms with Gasteiger partial charge in [0.25, 0.3) is 0 Å². The van der Waals surface area contributed by atoms with Crippen LogP contribution in [0, 0.1) is 42.7 Å². The number of imidazole rings is 1. The van der Waals surface area contributed by atoms with E-state index in [1.54, 1.807) is 0 Å². The molecule has 0 aliphatic carbocycles. The predicted octanol–water partition coefficient (Wildman–Crippen LogP) is 20.5. The standard InChI is InChI=1S/C37H24N5Si.C37H21N4.C33H30N8.3Au/c1-3-14-27(15-4-1)43(28-16-5-2-6-17-28)42-30-19-8-7-18-29(30)37-33(42)26-36-40(31-20-9-10-21-32(31)41(36)37)35-23-13-22-34(38-35)39-24-11-12-25-39;1-2-11-25(12-3-1)27-14-10-15-28(23-27)40-34-19-8-5-16-29(34)31-24-32-30-17-6-9-20-35(30)41(37(32)38-36(31)40)39-22-21-26-13-4-7-18-33(26)39;1-35-18-17-24-25(22-36(2)32(24)35)26-13-10-16-30(34-26)39-20-19-37(3)41-31(39)21-29-33(41)38(4)27-14-8-9-15-28(27)40(29)23-11-6-5-7-12-23;;;/h1-24H;1-11,13-21,24H;5-11,13-18,22H,19-20H2,1-4H3;;;/q-2;-3;-2;;2*+3. The first-order chi connectivity index (χ1) is 61.7. The van der Waals surface area contributed by atoms with Gasteiger partial charge in [-0.1, -0.05) is 221 Å². The first kappa shape index (κ1) is 81.0. The third-order valence-electron chi connectivity index (χ3n) is 24.4. The fraction of sp³-hybridized carbons (Fsp3) is 0.0561. The van der Waals surface area contributed by atoms with Crippen molar-refractivity contribution in [2.75, 3.05) is 46.9 Å². The number of hydrogen-bond acceptors (Lipinski definition) is 7. The van der Waals surface area contributed by atoms with Crippen LogP contribution in [0.3, 0.4) is 0 Å². The quantitative estimate of drug-likeness (QED) is 0.0722. The number of likely N-dealkylation sites (N-methyl/N-ethyl adjacent to an activating group) is 1. The number of benzene rings is 11. The summed E-state index contributed by atoms with van der Waals surface area (Å²) >= 11 is 0. The van der Waals surface area contributed by atoms with Gasteiger partial charge in [-0.3, -0.25) is 14.2 Å². The Balaban J connectivity index is 0.000000115. The van der Waals surface area contributed by atoms with Crippen molar-refractivity contribution < 1.29 is 71.7 Å². The smallest absolute Gasteiger partial charge is 0.436 e. The molecule has 0 fully saturated rings. The van der Waals surface area contributed by atoms with E-state index in [1.165, 1.54) is 37.8 Å². The second-order valence-electron chi connectivity index (χ2n) is 31.7. The van der Waals surface area contributed by atoms with Crippen LogP contribution in [0.1, 0.15) is 0 Å². The van der Waals surface area contributed by atoms with Gasteiger partial charge in [-0.15, -0.1) is 54.2 Å². The van der Waals surface area contributed by atoms with Crippen molar-refractivity contribution in [1.29, 1.82) is 0 Å². The zero-order valence-corrected chi connectivity index (χ0v) is 77.0. The van der Waals surface area contributed by atoms with Crippen LogP contribution in [-0.4, -0.2) is 92.0 Å². The fourth-order valence-corrected chi connectivity index (χ4v) is 21.6. The zero-order valence-electron chi connectivity index (χ0n) is 69.5. The number of nitrogens with zero attached hydrogens (tertiary/aromatic N) is 17. The maximum Gasteiger partial charge on any atom is 3.00 e. The van der Waals surface area contributed by atoms with Crippen molar-refractivity contribution in [2.45, 2.75) is 0 Å². The van der Waals surface area contributed by atoms with Crippen molar-refractivity contribution in [3.05, 3.63) is 401 Å². The monoisotopic (exact) mass is 2220 g/mol. The van der Waals surface area contributed by atoms with E-state index in [-0.39, 0.29) is 67.1 Å². The molecule has 0 spiro atoms. The summed E-state index contributed by atoms with van der Waals surface area (Å²) in [4.78, 5) is 22.6. The Labute approximate surface area is 786 Å². The summed E-state index contributed by atoms with van der Waals surface area (Å²) in [5, 5.41) is 13.0. The summed E-state index contributed by atoms with van der Waals surface area (Å²) in [6, 6.07) is 137. The molecule has 2 radical (unpaired) electrons. The van der Waals surface area contributed by atoms with Crippen molar-refractivity contribution in [3.8, 4) is 39.7 Å². The molecule has 26 rings (SSSR count). The van der Waals surface area contributed by atoms with E-state index in [9.17, 15) is 0 Å². The molecule has 0 saturated heterocycles. The predicted molar refractivity (Wildman–Crippen MR) is 505 cm³/mol. The molecule has 626 valence electrons. The molecule has 0 bridgehead atoms. The largest absolute Gasteiger partial charge is 3.00 e. The van der Waals surface area contributed by atoms with Crippen LogP contribution in [0.5, 0.6) is 0 Å². The maximum atomic E-state index is 5.45. The number of para-hydroxylation sites is 9. The summed E-state index contributed by atoms with van der Waals surface area (Å²) in [5.41, 5.74) is 22.2. The van der Waals surface area contributed by atoms with E-state index in [0.29, 0.717) is 0 Å². The average Bonchev–Trinajstić information content (AvgIpc) is 1.53. The van der Waals surface area contributed by atoms with Gasteiger partial charge in [0.05, 0.1) is 59.9 Å². The number of aryl methyl sites for hydroxylation is 2. The van der Waals surface area contributed by atoms with Gasteiger partial charge >= 0.3 is 44.8 Å². The minimum atomic E-state index is -1.44. The van der Waals surface area contributed by atoms with Gasteiger partial charge in [-0.25, -0.2) is 21.1 Å². The molecule has 24 aromatic rings. The Kier molecular flexibility index (Phi) is 20.9. The topological polar surface area (TPSA) is 99.4 Å². The molecule has 0 amide bonds. The molecule has 13 aromatic heterocycles. The maximum absolute atomic E-state index is 5.45. The average molecular weight is 2220 g/mol. The molecule has 128 heavy (non-hydrogen) atoms. The van der Waals surface area contributed by atoms with E-state index >= 15 is 0 Å². The van der Waals surface area contributed by atoms with Gasteiger partial charge in [0.15, 0.2) is 11.3 Å². The SMILES string of the molecule is CN1c2ccccc2N(c2[c-]cccc2)c2[c-]c3n(c21)N(C)CCN3c1cccc(-c2cn(C)c3c2[cH-]c[n+]3C)n1.[Au+3].[Au+3].[Au].[c-]1c2c(c3ccccc3n2[Si](c2ccccc2)c2ccccc2)n2c3ccccc3n(-c3cccc(-n4[c-]ccc4)n3)c12.[c-]1ccccc1-c1[c-]c(-n2c3ccccc3c3cc4c5ccccc5n(-n5[c-]cc6ccccc65)c4nc32)ccc1. The van der Waals surface area contributed by atoms with Gasteiger partial charge in [0, 0.05) is 98.4 Å². The molecule has 2 aliphatic heterocycles. The molecular weight excluding hydrogens is 2140 g/mol. The summed E-state index contributed by atoms with van der Waals surface area (Å²) in [7, 11) is 7.01. The second kappa shape index (κ2) is 33.0. The minimum Gasteiger partial charge on any atom is -0.436 e. The Morgan fingerprint density at radius 1 is 0.469 bits per heavy atom. The van der Waals surface area contributed by atoms with Crippen LogP contribution in [0.2, 0.25) is 0 Å². The summed E-state index contributed by atoms with van der Waals surface area (Å²) in [6.07, 6.45) is 12.9. The Morgan fingerprint density at radius 2 is 1.10 bits per heavy atom. The van der Waals surface area contributed by atoms with Crippen LogP contribution in [0.4, 0.5) is 40.2 Å². The van der Waals surface area contributed by atoms with Gasteiger partial charge in [-0.05, 0) is 89.8 Å². The van der Waals surface area contributed by atoms with Crippen molar-refractivity contribution in [2.24, 2.45) is 14.1 Å². The normalized spacial score (nSPS) is 12.4. The van der Waals surface area contributed by atoms with Crippen LogP contribution in [0.25, 0.3) is 144 Å². The minimum absolute atomic E-state index is 0. The van der Waals surface area contributed by atoms with E-state index in [4.69, 9.17) is 15.0 Å². The summed E-state index contributed by atoms with van der Waals surface area (Å²) in [5.74, 6) is 4.60.